The Morgan fingerprint density at radius 3 is 2.49 bits per heavy atom. The van der Waals surface area contributed by atoms with Gasteiger partial charge in [0, 0.05) is 45.1 Å². The molecular formula is C27H33N5O5. The van der Waals surface area contributed by atoms with Gasteiger partial charge in [-0.3, -0.25) is 9.59 Å². The first-order valence-corrected chi connectivity index (χ1v) is 12.4. The van der Waals surface area contributed by atoms with E-state index >= 15 is 0 Å². The number of likely N-dealkylation sites (tertiary alicyclic amines) is 1. The summed E-state index contributed by atoms with van der Waals surface area (Å²) >= 11 is 0. The fourth-order valence-corrected chi connectivity index (χ4v) is 4.68. The van der Waals surface area contributed by atoms with Gasteiger partial charge in [-0.2, -0.15) is 0 Å². The minimum absolute atomic E-state index is 0.0881. The molecular weight excluding hydrogens is 474 g/mol. The van der Waals surface area contributed by atoms with Crippen molar-refractivity contribution >= 4 is 40.2 Å². The molecule has 1 aromatic carbocycles. The maximum Gasteiger partial charge on any atom is 0.356 e. The molecule has 1 aliphatic heterocycles. The summed E-state index contributed by atoms with van der Waals surface area (Å²) in [7, 11) is 2.89. The van der Waals surface area contributed by atoms with Crippen molar-refractivity contribution in [2.45, 2.75) is 38.8 Å². The third kappa shape index (κ3) is 6.08. The van der Waals surface area contributed by atoms with E-state index in [1.54, 1.807) is 24.8 Å². The number of aromatic nitrogens is 2. The van der Waals surface area contributed by atoms with Crippen molar-refractivity contribution in [3.8, 4) is 0 Å². The van der Waals surface area contributed by atoms with Crippen molar-refractivity contribution in [2.24, 2.45) is 0 Å². The largest absolute Gasteiger partial charge is 0.464 e. The Balaban J connectivity index is 1.68. The van der Waals surface area contributed by atoms with E-state index in [0.29, 0.717) is 43.0 Å². The molecule has 0 aliphatic carbocycles. The van der Waals surface area contributed by atoms with Crippen LogP contribution in [0.15, 0.2) is 42.6 Å². The van der Waals surface area contributed by atoms with Crippen LogP contribution in [0, 0.1) is 0 Å². The second kappa shape index (κ2) is 11.9. The predicted molar refractivity (Wildman–Crippen MR) is 141 cm³/mol. The molecule has 0 saturated carbocycles. The van der Waals surface area contributed by atoms with Crippen molar-refractivity contribution in [2.75, 3.05) is 44.5 Å². The van der Waals surface area contributed by atoms with Crippen molar-refractivity contribution in [3.63, 3.8) is 0 Å². The molecule has 10 nitrogen and oxygen atoms in total. The van der Waals surface area contributed by atoms with E-state index in [2.05, 4.69) is 15.6 Å². The number of methoxy groups -OCH3 is 2. The number of carbonyl (C=O) groups excluding carboxylic acids is 3. The monoisotopic (exact) mass is 507 g/mol. The highest BCUT2D eigenvalue weighted by molar-refractivity contribution is 6.11. The molecule has 0 bridgehead atoms. The minimum Gasteiger partial charge on any atom is -0.464 e. The SMILES string of the molecule is COCCn1c(C(=O)OC)c(NC(=O)Cc2ccccc2)c2cc(NC3CCN(C(C)=O)CC3)cnc21. The second-order valence-corrected chi connectivity index (χ2v) is 9.09. The molecule has 3 heterocycles. The normalized spacial score (nSPS) is 14.0. The van der Waals surface area contributed by atoms with E-state index in [0.717, 1.165) is 24.1 Å². The number of nitrogens with one attached hydrogen (secondary N) is 2. The number of pyridine rings is 1. The van der Waals surface area contributed by atoms with Crippen LogP contribution in [0.4, 0.5) is 11.4 Å². The Hall–Kier alpha value is -3.92. The van der Waals surface area contributed by atoms with Gasteiger partial charge in [0.1, 0.15) is 5.65 Å². The molecule has 37 heavy (non-hydrogen) atoms. The maximum absolute atomic E-state index is 13.0. The van der Waals surface area contributed by atoms with Crippen molar-refractivity contribution in [1.82, 2.24) is 14.5 Å². The van der Waals surface area contributed by atoms with E-state index in [-0.39, 0.29) is 30.0 Å². The number of carbonyl (C=O) groups is 3. The zero-order chi connectivity index (χ0) is 26.4. The standard InChI is InChI=1S/C27H33N5O5/c1-18(33)31-11-9-20(10-12-31)29-21-16-22-24(30-23(34)15-19-7-5-4-6-8-19)25(27(35)37-3)32(13-14-36-2)26(22)28-17-21/h4-8,16-17,20,29H,9-15H2,1-3H3,(H,30,34). The van der Waals surface area contributed by atoms with Gasteiger partial charge in [0.2, 0.25) is 11.8 Å². The van der Waals surface area contributed by atoms with Gasteiger partial charge >= 0.3 is 5.97 Å². The molecule has 1 saturated heterocycles. The van der Waals surface area contributed by atoms with Gasteiger partial charge in [0.15, 0.2) is 5.69 Å². The first-order valence-electron chi connectivity index (χ1n) is 12.4. The van der Waals surface area contributed by atoms with E-state index in [1.807, 2.05) is 41.3 Å². The van der Waals surface area contributed by atoms with Crippen molar-refractivity contribution in [1.29, 1.82) is 0 Å². The van der Waals surface area contributed by atoms with Crippen LogP contribution in [-0.2, 0) is 32.0 Å². The van der Waals surface area contributed by atoms with Crippen LogP contribution < -0.4 is 10.6 Å². The molecule has 0 radical (unpaired) electrons. The van der Waals surface area contributed by atoms with Crippen LogP contribution in [0.1, 0.15) is 35.8 Å². The summed E-state index contributed by atoms with van der Waals surface area (Å²) in [5, 5.41) is 7.08. The van der Waals surface area contributed by atoms with Gasteiger partial charge in [-0.15, -0.1) is 0 Å². The van der Waals surface area contributed by atoms with Crippen molar-refractivity contribution < 1.29 is 23.9 Å². The Morgan fingerprint density at radius 2 is 1.84 bits per heavy atom. The lowest BCUT2D eigenvalue weighted by Crippen LogP contribution is -2.41. The second-order valence-electron chi connectivity index (χ2n) is 9.09. The van der Waals surface area contributed by atoms with Crippen LogP contribution in [0.2, 0.25) is 0 Å². The molecule has 4 rings (SSSR count). The van der Waals surface area contributed by atoms with E-state index in [4.69, 9.17) is 9.47 Å². The Morgan fingerprint density at radius 1 is 1.11 bits per heavy atom. The first-order chi connectivity index (χ1) is 17.9. The van der Waals surface area contributed by atoms with Crippen LogP contribution in [0.5, 0.6) is 0 Å². The van der Waals surface area contributed by atoms with Gasteiger partial charge in [0.05, 0.1) is 37.7 Å². The van der Waals surface area contributed by atoms with Crippen molar-refractivity contribution in [3.05, 3.63) is 53.9 Å². The fourth-order valence-electron chi connectivity index (χ4n) is 4.68. The van der Waals surface area contributed by atoms with Crippen LogP contribution >= 0.6 is 0 Å². The predicted octanol–water partition coefficient (Wildman–Crippen LogP) is 3.07. The van der Waals surface area contributed by atoms with Crippen LogP contribution in [-0.4, -0.2) is 72.2 Å². The molecule has 10 heteroatoms. The quantitative estimate of drug-likeness (QED) is 0.428. The number of rotatable bonds is 9. The molecule has 0 unspecified atom stereocenters. The third-order valence-corrected chi connectivity index (χ3v) is 6.58. The topological polar surface area (TPSA) is 115 Å². The average Bonchev–Trinajstić information content (AvgIpc) is 3.20. The van der Waals surface area contributed by atoms with E-state index in [9.17, 15) is 14.4 Å². The summed E-state index contributed by atoms with van der Waals surface area (Å²) in [5.74, 6) is -0.738. The summed E-state index contributed by atoms with van der Waals surface area (Å²) in [4.78, 5) is 44.1. The number of hydrogen-bond donors (Lipinski definition) is 2. The molecule has 3 aromatic rings. The molecule has 1 aliphatic rings. The molecule has 2 amide bonds. The number of hydrogen-bond acceptors (Lipinski definition) is 7. The van der Waals surface area contributed by atoms with Crippen LogP contribution in [0.25, 0.3) is 11.0 Å². The van der Waals surface area contributed by atoms with Gasteiger partial charge in [-0.1, -0.05) is 30.3 Å². The number of fused-ring (bicyclic) bond motifs is 1. The Kier molecular flexibility index (Phi) is 8.39. The highest BCUT2D eigenvalue weighted by Gasteiger charge is 2.27. The Bertz CT molecular complexity index is 1270. The van der Waals surface area contributed by atoms with E-state index < -0.39 is 5.97 Å². The Labute approximate surface area is 215 Å². The number of anilines is 2. The molecule has 2 aromatic heterocycles. The summed E-state index contributed by atoms with van der Waals surface area (Å²) in [6, 6.07) is 11.5. The first kappa shape index (κ1) is 26.2. The number of esters is 1. The zero-order valence-corrected chi connectivity index (χ0v) is 21.5. The number of piperidine rings is 1. The van der Waals surface area contributed by atoms with Gasteiger partial charge in [0.25, 0.3) is 0 Å². The fraction of sp³-hybridized carbons (Fsp3) is 0.407. The minimum atomic E-state index is -0.574. The number of amides is 2. The summed E-state index contributed by atoms with van der Waals surface area (Å²) in [6.45, 7) is 3.69. The molecule has 1 fully saturated rings. The highest BCUT2D eigenvalue weighted by atomic mass is 16.5. The number of benzene rings is 1. The molecule has 2 N–H and O–H groups in total. The lowest BCUT2D eigenvalue weighted by atomic mass is 10.0. The lowest BCUT2D eigenvalue weighted by molar-refractivity contribution is -0.129. The molecule has 0 atom stereocenters. The van der Waals surface area contributed by atoms with E-state index in [1.165, 1.54) is 7.11 Å². The lowest BCUT2D eigenvalue weighted by Gasteiger charge is -2.32. The van der Waals surface area contributed by atoms with Gasteiger partial charge < -0.3 is 29.6 Å². The third-order valence-electron chi connectivity index (χ3n) is 6.58. The summed E-state index contributed by atoms with van der Waals surface area (Å²) < 4.78 is 12.1. The number of ether oxygens (including phenoxy) is 2. The molecule has 196 valence electrons. The summed E-state index contributed by atoms with van der Waals surface area (Å²) in [5.41, 5.74) is 2.76. The van der Waals surface area contributed by atoms with Gasteiger partial charge in [-0.25, -0.2) is 9.78 Å². The maximum atomic E-state index is 13.0. The zero-order valence-electron chi connectivity index (χ0n) is 21.5. The number of nitrogens with zero attached hydrogens (tertiary/aromatic N) is 3. The highest BCUT2D eigenvalue weighted by Crippen LogP contribution is 2.33. The van der Waals surface area contributed by atoms with Gasteiger partial charge in [-0.05, 0) is 24.5 Å². The average molecular weight is 508 g/mol. The molecule has 0 spiro atoms. The summed E-state index contributed by atoms with van der Waals surface area (Å²) in [6.07, 6.45) is 3.52. The van der Waals surface area contributed by atoms with Crippen LogP contribution in [0.3, 0.4) is 0 Å². The smallest absolute Gasteiger partial charge is 0.356 e.